The van der Waals surface area contributed by atoms with Gasteiger partial charge in [-0.1, -0.05) is 6.08 Å². The molecule has 16 heavy (non-hydrogen) atoms. The molecule has 5 nitrogen and oxygen atoms in total. The summed E-state index contributed by atoms with van der Waals surface area (Å²) in [6, 6.07) is 0. The Labute approximate surface area is 94.0 Å². The molecule has 0 aromatic rings. The summed E-state index contributed by atoms with van der Waals surface area (Å²) in [5, 5.41) is 8.60. The van der Waals surface area contributed by atoms with Crippen LogP contribution in [0.3, 0.4) is 0 Å². The largest absolute Gasteiger partial charge is 0.508 e. The Morgan fingerprint density at radius 2 is 2.31 bits per heavy atom. The zero-order valence-corrected chi connectivity index (χ0v) is 9.27. The molecule has 1 N–H and O–H groups in total. The number of hydrogen-bond donors (Lipinski definition) is 1. The first-order valence-corrected chi connectivity index (χ1v) is 5.33. The van der Waals surface area contributed by atoms with Gasteiger partial charge in [-0.15, -0.1) is 0 Å². The highest BCUT2D eigenvalue weighted by atomic mass is 16.8. The summed E-state index contributed by atoms with van der Waals surface area (Å²) < 4.78 is 9.50. The molecule has 1 saturated heterocycles. The third kappa shape index (κ3) is 4.33. The van der Waals surface area contributed by atoms with Gasteiger partial charge < -0.3 is 14.6 Å². The summed E-state index contributed by atoms with van der Waals surface area (Å²) >= 11 is 0. The molecule has 0 aliphatic carbocycles. The number of ether oxygens (including phenoxy) is 2. The van der Waals surface area contributed by atoms with Crippen LogP contribution in [-0.4, -0.2) is 29.9 Å². The molecule has 0 aromatic heterocycles. The standard InChI is InChI=1S/C11H16O5/c1-8(10(12)13)5-3-2-4-6-9-7-15-11(14)16-9/h5,9H,2-4,6-7H2,1H3,(H,12,13)/b8-5+. The predicted molar refractivity (Wildman–Crippen MR) is 56.1 cm³/mol. The van der Waals surface area contributed by atoms with E-state index in [0.717, 1.165) is 25.7 Å². The maximum Gasteiger partial charge on any atom is 0.508 e. The minimum atomic E-state index is -0.877. The molecule has 0 saturated carbocycles. The zero-order valence-electron chi connectivity index (χ0n) is 9.27. The second kappa shape index (κ2) is 6.15. The highest BCUT2D eigenvalue weighted by Crippen LogP contribution is 2.14. The summed E-state index contributed by atoms with van der Waals surface area (Å²) in [5.41, 5.74) is 0.371. The lowest BCUT2D eigenvalue weighted by atomic mass is 10.1. The average molecular weight is 228 g/mol. The van der Waals surface area contributed by atoms with Crippen LogP contribution in [0.25, 0.3) is 0 Å². The van der Waals surface area contributed by atoms with E-state index in [1.807, 2.05) is 0 Å². The van der Waals surface area contributed by atoms with Gasteiger partial charge in [0.15, 0.2) is 0 Å². The minimum absolute atomic E-state index is 0.128. The maximum atomic E-state index is 10.6. The van der Waals surface area contributed by atoms with Gasteiger partial charge in [0.05, 0.1) is 0 Å². The number of hydrogen-bond acceptors (Lipinski definition) is 4. The second-order valence-electron chi connectivity index (χ2n) is 3.78. The van der Waals surface area contributed by atoms with Gasteiger partial charge in [0, 0.05) is 5.57 Å². The van der Waals surface area contributed by atoms with E-state index in [2.05, 4.69) is 4.74 Å². The SMILES string of the molecule is C/C(=C\CCCCC1COC(=O)O1)C(=O)O. The molecule has 1 heterocycles. The lowest BCUT2D eigenvalue weighted by Gasteiger charge is -2.04. The van der Waals surface area contributed by atoms with Gasteiger partial charge in [-0.05, 0) is 32.6 Å². The van der Waals surface area contributed by atoms with Crippen LogP contribution in [0.5, 0.6) is 0 Å². The van der Waals surface area contributed by atoms with Gasteiger partial charge in [-0.2, -0.15) is 0 Å². The van der Waals surface area contributed by atoms with Crippen LogP contribution in [-0.2, 0) is 14.3 Å². The Morgan fingerprint density at radius 1 is 1.56 bits per heavy atom. The molecule has 1 rings (SSSR count). The van der Waals surface area contributed by atoms with Crippen LogP contribution in [0, 0.1) is 0 Å². The average Bonchev–Trinajstić information content (AvgIpc) is 2.63. The van der Waals surface area contributed by atoms with Crippen LogP contribution < -0.4 is 0 Å². The fourth-order valence-corrected chi connectivity index (χ4v) is 1.43. The van der Waals surface area contributed by atoms with Crippen LogP contribution >= 0.6 is 0 Å². The van der Waals surface area contributed by atoms with E-state index >= 15 is 0 Å². The third-order valence-corrected chi connectivity index (χ3v) is 2.42. The van der Waals surface area contributed by atoms with Crippen molar-refractivity contribution in [1.82, 2.24) is 0 Å². The summed E-state index contributed by atoms with van der Waals surface area (Å²) in [6.07, 6.45) is 4.28. The first-order chi connectivity index (χ1) is 7.59. The number of allylic oxidation sites excluding steroid dienone is 1. The molecule has 1 aliphatic heterocycles. The van der Waals surface area contributed by atoms with Crippen molar-refractivity contribution >= 4 is 12.1 Å². The van der Waals surface area contributed by atoms with Crippen LogP contribution in [0.1, 0.15) is 32.6 Å². The molecular formula is C11H16O5. The Morgan fingerprint density at radius 3 is 2.88 bits per heavy atom. The smallest absolute Gasteiger partial charge is 0.478 e. The third-order valence-electron chi connectivity index (χ3n) is 2.42. The van der Waals surface area contributed by atoms with E-state index < -0.39 is 12.1 Å². The fraction of sp³-hybridized carbons (Fsp3) is 0.636. The monoisotopic (exact) mass is 228 g/mol. The van der Waals surface area contributed by atoms with Crippen molar-refractivity contribution in [3.05, 3.63) is 11.6 Å². The number of rotatable bonds is 6. The Bertz CT molecular complexity index is 295. The lowest BCUT2D eigenvalue weighted by molar-refractivity contribution is -0.132. The molecule has 1 unspecified atom stereocenters. The van der Waals surface area contributed by atoms with E-state index in [1.165, 1.54) is 0 Å². The molecule has 1 atom stereocenters. The van der Waals surface area contributed by atoms with Gasteiger partial charge in [-0.3, -0.25) is 0 Å². The molecule has 0 radical (unpaired) electrons. The highest BCUT2D eigenvalue weighted by molar-refractivity contribution is 5.85. The van der Waals surface area contributed by atoms with Gasteiger partial charge in [0.25, 0.3) is 0 Å². The van der Waals surface area contributed by atoms with Crippen LogP contribution in [0.4, 0.5) is 4.79 Å². The van der Waals surface area contributed by atoms with Crippen LogP contribution in [0.2, 0.25) is 0 Å². The molecule has 0 spiro atoms. The zero-order chi connectivity index (χ0) is 12.0. The van der Waals surface area contributed by atoms with Crippen molar-refractivity contribution in [2.45, 2.75) is 38.7 Å². The molecular weight excluding hydrogens is 212 g/mol. The first kappa shape index (κ1) is 12.5. The predicted octanol–water partition coefficient (Wildman–Crippen LogP) is 2.11. The fourth-order valence-electron chi connectivity index (χ4n) is 1.43. The van der Waals surface area contributed by atoms with Crippen molar-refractivity contribution in [3.63, 3.8) is 0 Å². The normalized spacial score (nSPS) is 20.4. The van der Waals surface area contributed by atoms with Crippen molar-refractivity contribution in [1.29, 1.82) is 0 Å². The Balaban J connectivity index is 2.06. The number of carboxylic acids is 1. The quantitative estimate of drug-likeness (QED) is 0.428. The van der Waals surface area contributed by atoms with E-state index in [1.54, 1.807) is 13.0 Å². The number of carbonyl (C=O) groups excluding carboxylic acids is 1. The van der Waals surface area contributed by atoms with Crippen molar-refractivity contribution < 1.29 is 24.2 Å². The number of carbonyl (C=O) groups is 2. The second-order valence-corrected chi connectivity index (χ2v) is 3.78. The molecule has 90 valence electrons. The van der Waals surface area contributed by atoms with E-state index in [-0.39, 0.29) is 6.10 Å². The molecule has 5 heteroatoms. The van der Waals surface area contributed by atoms with Gasteiger partial charge >= 0.3 is 12.1 Å². The van der Waals surface area contributed by atoms with Gasteiger partial charge in [0.1, 0.15) is 12.7 Å². The summed E-state index contributed by atoms with van der Waals surface area (Å²) in [7, 11) is 0. The Hall–Kier alpha value is -1.52. The number of carboxylic acid groups (broad SMARTS) is 1. The molecule has 0 amide bonds. The van der Waals surface area contributed by atoms with Gasteiger partial charge in [-0.25, -0.2) is 9.59 Å². The Kier molecular flexibility index (Phi) is 4.82. The number of cyclic esters (lactones) is 2. The first-order valence-electron chi connectivity index (χ1n) is 5.33. The maximum absolute atomic E-state index is 10.6. The highest BCUT2D eigenvalue weighted by Gasteiger charge is 2.23. The number of aliphatic carboxylic acids is 1. The van der Waals surface area contributed by atoms with E-state index in [9.17, 15) is 9.59 Å². The van der Waals surface area contributed by atoms with Crippen molar-refractivity contribution in [2.75, 3.05) is 6.61 Å². The summed E-state index contributed by atoms with van der Waals surface area (Å²) in [5.74, 6) is -0.877. The topological polar surface area (TPSA) is 72.8 Å². The molecule has 0 aromatic carbocycles. The lowest BCUT2D eigenvalue weighted by Crippen LogP contribution is -2.09. The van der Waals surface area contributed by atoms with E-state index in [0.29, 0.717) is 12.2 Å². The van der Waals surface area contributed by atoms with Crippen molar-refractivity contribution in [2.24, 2.45) is 0 Å². The minimum Gasteiger partial charge on any atom is -0.478 e. The van der Waals surface area contributed by atoms with E-state index in [4.69, 9.17) is 9.84 Å². The molecule has 0 bridgehead atoms. The van der Waals surface area contributed by atoms with Gasteiger partial charge in [0.2, 0.25) is 0 Å². The van der Waals surface area contributed by atoms with Crippen LogP contribution in [0.15, 0.2) is 11.6 Å². The summed E-state index contributed by atoms with van der Waals surface area (Å²) in [4.78, 5) is 21.1. The molecule has 1 fully saturated rings. The summed E-state index contributed by atoms with van der Waals surface area (Å²) in [6.45, 7) is 1.91. The van der Waals surface area contributed by atoms with Crippen molar-refractivity contribution in [3.8, 4) is 0 Å². The number of unbranched alkanes of at least 4 members (excludes halogenated alkanes) is 2. The molecule has 1 aliphatic rings.